The Morgan fingerprint density at radius 1 is 1.00 bits per heavy atom. The van der Waals surface area contributed by atoms with Gasteiger partial charge in [0.1, 0.15) is 17.9 Å². The second-order valence-corrected chi connectivity index (χ2v) is 7.42. The third kappa shape index (κ3) is 5.93. The third-order valence-electron chi connectivity index (χ3n) is 4.40. The second kappa shape index (κ2) is 10.9. The lowest BCUT2D eigenvalue weighted by molar-refractivity contribution is -0.133. The van der Waals surface area contributed by atoms with E-state index in [1.54, 1.807) is 53.8 Å². The summed E-state index contributed by atoms with van der Waals surface area (Å²) in [5, 5.41) is 1.96. The smallest absolute Gasteiger partial charge is 0.341 e. The van der Waals surface area contributed by atoms with Gasteiger partial charge in [0, 0.05) is 10.4 Å². The molecule has 0 bridgehead atoms. The van der Waals surface area contributed by atoms with E-state index in [-0.39, 0.29) is 12.4 Å². The van der Waals surface area contributed by atoms with Crippen molar-refractivity contribution >= 4 is 34.7 Å². The second-order valence-electron chi connectivity index (χ2n) is 6.45. The standard InChI is InChI=1S/C25H22O5S/c1-28-17-23(25(27)29-2)22-11-4-3-7-19(22)16-30-20-9-5-8-18(15-20)24(26)13-12-21-10-6-14-31-21/h3-15,17H,16H2,1-2H3/b13-12+,23-17+. The summed E-state index contributed by atoms with van der Waals surface area (Å²) in [5.74, 6) is -0.0461. The molecule has 0 atom stereocenters. The van der Waals surface area contributed by atoms with Crippen LogP contribution < -0.4 is 4.74 Å². The molecule has 0 spiro atoms. The first-order valence-electron chi connectivity index (χ1n) is 9.50. The number of methoxy groups -OCH3 is 2. The molecule has 3 aromatic rings. The number of allylic oxidation sites excluding steroid dienone is 1. The summed E-state index contributed by atoms with van der Waals surface area (Å²) in [6.45, 7) is 0.205. The van der Waals surface area contributed by atoms with Crippen molar-refractivity contribution in [2.75, 3.05) is 14.2 Å². The predicted molar refractivity (Wildman–Crippen MR) is 122 cm³/mol. The summed E-state index contributed by atoms with van der Waals surface area (Å²) < 4.78 is 15.8. The fraction of sp³-hybridized carbons (Fsp3) is 0.120. The van der Waals surface area contributed by atoms with Crippen LogP contribution in [0.4, 0.5) is 0 Å². The molecule has 158 valence electrons. The van der Waals surface area contributed by atoms with E-state index in [0.29, 0.717) is 22.4 Å². The van der Waals surface area contributed by atoms with Crippen LogP contribution in [-0.4, -0.2) is 26.0 Å². The normalized spacial score (nSPS) is 11.4. The van der Waals surface area contributed by atoms with Gasteiger partial charge in [0.05, 0.1) is 20.5 Å². The predicted octanol–water partition coefficient (Wildman–Crippen LogP) is 5.38. The van der Waals surface area contributed by atoms with Gasteiger partial charge in [-0.15, -0.1) is 11.3 Å². The van der Waals surface area contributed by atoms with Gasteiger partial charge in [0.2, 0.25) is 0 Å². The number of thiophene rings is 1. The molecule has 0 radical (unpaired) electrons. The Morgan fingerprint density at radius 2 is 1.84 bits per heavy atom. The third-order valence-corrected chi connectivity index (χ3v) is 5.24. The van der Waals surface area contributed by atoms with Crippen molar-refractivity contribution in [2.24, 2.45) is 0 Å². The first kappa shape index (κ1) is 22.1. The monoisotopic (exact) mass is 434 g/mol. The molecular weight excluding hydrogens is 412 g/mol. The molecule has 6 heteroatoms. The molecule has 1 heterocycles. The molecule has 0 aliphatic carbocycles. The van der Waals surface area contributed by atoms with Gasteiger partial charge in [-0.1, -0.05) is 42.5 Å². The lowest BCUT2D eigenvalue weighted by Crippen LogP contribution is -2.08. The minimum atomic E-state index is -0.501. The van der Waals surface area contributed by atoms with E-state index in [0.717, 1.165) is 10.4 Å². The molecule has 0 aliphatic rings. The highest BCUT2D eigenvalue weighted by molar-refractivity contribution is 7.10. The van der Waals surface area contributed by atoms with Crippen LogP contribution in [0.5, 0.6) is 5.75 Å². The van der Waals surface area contributed by atoms with Crippen LogP contribution in [0.25, 0.3) is 11.6 Å². The van der Waals surface area contributed by atoms with E-state index in [2.05, 4.69) is 0 Å². The van der Waals surface area contributed by atoms with Crippen LogP contribution in [-0.2, 0) is 20.9 Å². The van der Waals surface area contributed by atoms with E-state index < -0.39 is 5.97 Å². The number of hydrogen-bond donors (Lipinski definition) is 0. The van der Waals surface area contributed by atoms with E-state index in [1.807, 2.05) is 35.7 Å². The molecule has 0 fully saturated rings. The maximum Gasteiger partial charge on any atom is 0.341 e. The Bertz CT molecular complexity index is 1100. The molecule has 3 rings (SSSR count). The van der Waals surface area contributed by atoms with Gasteiger partial charge in [-0.2, -0.15) is 0 Å². The topological polar surface area (TPSA) is 61.8 Å². The van der Waals surface area contributed by atoms with E-state index in [1.165, 1.54) is 20.5 Å². The number of esters is 1. The molecule has 31 heavy (non-hydrogen) atoms. The zero-order valence-corrected chi connectivity index (χ0v) is 18.1. The number of carbonyl (C=O) groups is 2. The van der Waals surface area contributed by atoms with Gasteiger partial charge in [0.15, 0.2) is 5.78 Å². The molecule has 0 saturated heterocycles. The van der Waals surface area contributed by atoms with Gasteiger partial charge in [-0.3, -0.25) is 4.79 Å². The highest BCUT2D eigenvalue weighted by atomic mass is 32.1. The molecular formula is C25H22O5S. The van der Waals surface area contributed by atoms with E-state index in [9.17, 15) is 9.59 Å². The van der Waals surface area contributed by atoms with Crippen molar-refractivity contribution < 1.29 is 23.8 Å². The molecule has 0 N–H and O–H groups in total. The highest BCUT2D eigenvalue weighted by Crippen LogP contribution is 2.23. The zero-order valence-electron chi connectivity index (χ0n) is 17.2. The zero-order chi connectivity index (χ0) is 22.1. The van der Waals surface area contributed by atoms with Crippen LogP contribution in [0.3, 0.4) is 0 Å². The fourth-order valence-corrected chi connectivity index (χ4v) is 3.52. The van der Waals surface area contributed by atoms with Crippen molar-refractivity contribution in [1.29, 1.82) is 0 Å². The summed E-state index contributed by atoms with van der Waals surface area (Å²) >= 11 is 1.57. The van der Waals surface area contributed by atoms with E-state index in [4.69, 9.17) is 14.2 Å². The maximum absolute atomic E-state index is 12.5. The molecule has 0 amide bonds. The number of carbonyl (C=O) groups excluding carboxylic acids is 2. The Labute approximate surface area is 185 Å². The van der Waals surface area contributed by atoms with Crippen LogP contribution in [0, 0.1) is 0 Å². The number of rotatable bonds is 9. The van der Waals surface area contributed by atoms with Crippen molar-refractivity contribution in [3.05, 3.63) is 99.9 Å². The molecule has 5 nitrogen and oxygen atoms in total. The fourth-order valence-electron chi connectivity index (χ4n) is 2.90. The lowest BCUT2D eigenvalue weighted by Gasteiger charge is -2.13. The van der Waals surface area contributed by atoms with Gasteiger partial charge in [-0.05, 0) is 46.9 Å². The number of benzene rings is 2. The van der Waals surface area contributed by atoms with Gasteiger partial charge in [0.25, 0.3) is 0 Å². The molecule has 0 unspecified atom stereocenters. The van der Waals surface area contributed by atoms with E-state index >= 15 is 0 Å². The van der Waals surface area contributed by atoms with Crippen LogP contribution in [0.1, 0.15) is 26.4 Å². The molecule has 2 aromatic carbocycles. The summed E-state index contributed by atoms with van der Waals surface area (Å²) in [6, 6.07) is 18.3. The lowest BCUT2D eigenvalue weighted by atomic mass is 10.0. The summed E-state index contributed by atoms with van der Waals surface area (Å²) in [4.78, 5) is 25.6. The molecule has 0 aliphatic heterocycles. The number of ketones is 1. The Balaban J connectivity index is 1.75. The molecule has 0 saturated carbocycles. The number of ether oxygens (including phenoxy) is 3. The largest absolute Gasteiger partial charge is 0.503 e. The Hall–Kier alpha value is -3.64. The van der Waals surface area contributed by atoms with Gasteiger partial charge >= 0.3 is 5.97 Å². The summed E-state index contributed by atoms with van der Waals surface area (Å²) in [6.07, 6.45) is 4.70. The highest BCUT2D eigenvalue weighted by Gasteiger charge is 2.17. The average molecular weight is 435 g/mol. The van der Waals surface area contributed by atoms with Crippen molar-refractivity contribution in [3.63, 3.8) is 0 Å². The minimum Gasteiger partial charge on any atom is -0.503 e. The van der Waals surface area contributed by atoms with Gasteiger partial charge in [-0.25, -0.2) is 4.79 Å². The SMILES string of the molecule is CO/C=C(/C(=O)OC)c1ccccc1COc1cccc(C(=O)/C=C/c2cccs2)c1. The average Bonchev–Trinajstić information content (AvgIpc) is 3.33. The summed E-state index contributed by atoms with van der Waals surface area (Å²) in [5.41, 5.74) is 2.27. The van der Waals surface area contributed by atoms with Crippen LogP contribution in [0.2, 0.25) is 0 Å². The summed E-state index contributed by atoms with van der Waals surface area (Å²) in [7, 11) is 2.79. The molecule has 1 aromatic heterocycles. The van der Waals surface area contributed by atoms with Crippen molar-refractivity contribution in [1.82, 2.24) is 0 Å². The maximum atomic E-state index is 12.5. The quantitative estimate of drug-likeness (QED) is 0.196. The van der Waals surface area contributed by atoms with Crippen molar-refractivity contribution in [3.8, 4) is 5.75 Å². The van der Waals surface area contributed by atoms with Crippen LogP contribution in [0.15, 0.2) is 78.4 Å². The number of hydrogen-bond acceptors (Lipinski definition) is 6. The minimum absolute atomic E-state index is 0.102. The van der Waals surface area contributed by atoms with Crippen molar-refractivity contribution in [2.45, 2.75) is 6.61 Å². The first-order valence-corrected chi connectivity index (χ1v) is 10.4. The Kier molecular flexibility index (Phi) is 7.79. The van der Waals surface area contributed by atoms with Gasteiger partial charge < -0.3 is 14.2 Å². The Morgan fingerprint density at radius 3 is 2.58 bits per heavy atom. The van der Waals surface area contributed by atoms with Crippen LogP contribution >= 0.6 is 11.3 Å². The first-order chi connectivity index (χ1) is 15.1.